The summed E-state index contributed by atoms with van der Waals surface area (Å²) in [5, 5.41) is 7.50. The van der Waals surface area contributed by atoms with E-state index in [9.17, 15) is 0 Å². The van der Waals surface area contributed by atoms with Gasteiger partial charge in [0.2, 0.25) is 0 Å². The Balaban J connectivity index is 1.94. The van der Waals surface area contributed by atoms with Gasteiger partial charge in [0, 0.05) is 11.5 Å². The van der Waals surface area contributed by atoms with Gasteiger partial charge in [-0.1, -0.05) is 61.0 Å². The third kappa shape index (κ3) is 2.87. The van der Waals surface area contributed by atoms with Gasteiger partial charge < -0.3 is 0 Å². The van der Waals surface area contributed by atoms with Crippen LogP contribution in [0.15, 0.2) is 54.6 Å². The van der Waals surface area contributed by atoms with Crippen molar-refractivity contribution >= 4 is 0 Å². The first-order chi connectivity index (χ1) is 10.3. The van der Waals surface area contributed by atoms with Crippen LogP contribution in [0.5, 0.6) is 0 Å². The predicted octanol–water partition coefficient (Wildman–Crippen LogP) is 4.32. The molecule has 0 aliphatic carbocycles. The van der Waals surface area contributed by atoms with Gasteiger partial charge in [0.05, 0.1) is 0 Å². The number of hydrogen-bond donors (Lipinski definition) is 1. The smallest absolute Gasteiger partial charge is 0.181 e. The standard InChI is InChI=1S/C18H19N3/c1-3-16(14-9-5-4-6-10-14)18-19-17(20-21-18)15-11-7-8-13(2)12-15/h4-12,16H,3H2,1-2H3,(H,19,20,21). The zero-order valence-corrected chi connectivity index (χ0v) is 12.4. The van der Waals surface area contributed by atoms with Gasteiger partial charge in [0.25, 0.3) is 0 Å². The number of nitrogens with zero attached hydrogens (tertiary/aromatic N) is 2. The van der Waals surface area contributed by atoms with Crippen LogP contribution in [0.1, 0.15) is 36.2 Å². The molecule has 0 radical (unpaired) electrons. The van der Waals surface area contributed by atoms with Gasteiger partial charge in [-0.05, 0) is 25.0 Å². The van der Waals surface area contributed by atoms with E-state index in [4.69, 9.17) is 4.98 Å². The predicted molar refractivity (Wildman–Crippen MR) is 85.1 cm³/mol. The molecule has 3 aromatic rings. The number of aryl methyl sites for hydroxylation is 1. The van der Waals surface area contributed by atoms with Gasteiger partial charge in [0.1, 0.15) is 5.82 Å². The Bertz CT molecular complexity index is 716. The molecule has 0 saturated heterocycles. The molecule has 0 spiro atoms. The maximum Gasteiger partial charge on any atom is 0.181 e. The molecule has 106 valence electrons. The van der Waals surface area contributed by atoms with Crippen molar-refractivity contribution in [3.8, 4) is 11.4 Å². The number of hydrogen-bond acceptors (Lipinski definition) is 2. The van der Waals surface area contributed by atoms with E-state index >= 15 is 0 Å². The molecule has 0 amide bonds. The lowest BCUT2D eigenvalue weighted by Crippen LogP contribution is -2.01. The zero-order chi connectivity index (χ0) is 14.7. The van der Waals surface area contributed by atoms with Crippen molar-refractivity contribution in [1.82, 2.24) is 15.2 Å². The highest BCUT2D eigenvalue weighted by Gasteiger charge is 2.16. The summed E-state index contributed by atoms with van der Waals surface area (Å²) in [5.74, 6) is 1.96. The molecule has 0 saturated carbocycles. The summed E-state index contributed by atoms with van der Waals surface area (Å²) in [6.07, 6.45) is 0.993. The van der Waals surface area contributed by atoms with E-state index in [0.29, 0.717) is 0 Å². The molecule has 0 fully saturated rings. The molecule has 0 aliphatic heterocycles. The summed E-state index contributed by atoms with van der Waals surface area (Å²) in [4.78, 5) is 4.70. The SMILES string of the molecule is CCC(c1ccccc1)c1nc(-c2cccc(C)c2)n[nH]1. The zero-order valence-electron chi connectivity index (χ0n) is 12.4. The quantitative estimate of drug-likeness (QED) is 0.771. The molecule has 3 heteroatoms. The van der Waals surface area contributed by atoms with Crippen molar-refractivity contribution < 1.29 is 0 Å². The topological polar surface area (TPSA) is 41.6 Å². The molecule has 0 aliphatic rings. The van der Waals surface area contributed by atoms with E-state index in [-0.39, 0.29) is 5.92 Å². The summed E-state index contributed by atoms with van der Waals surface area (Å²) in [7, 11) is 0. The van der Waals surface area contributed by atoms with E-state index in [0.717, 1.165) is 23.6 Å². The number of nitrogens with one attached hydrogen (secondary N) is 1. The van der Waals surface area contributed by atoms with E-state index in [2.05, 4.69) is 60.4 Å². The van der Waals surface area contributed by atoms with Crippen molar-refractivity contribution in [3.05, 3.63) is 71.5 Å². The average molecular weight is 277 g/mol. The van der Waals surface area contributed by atoms with Gasteiger partial charge in [-0.25, -0.2) is 4.98 Å². The first-order valence-corrected chi connectivity index (χ1v) is 7.32. The van der Waals surface area contributed by atoms with Crippen LogP contribution in [0.2, 0.25) is 0 Å². The molecule has 1 unspecified atom stereocenters. The number of rotatable bonds is 4. The third-order valence-corrected chi connectivity index (χ3v) is 3.72. The van der Waals surface area contributed by atoms with E-state index in [1.807, 2.05) is 18.2 Å². The lowest BCUT2D eigenvalue weighted by Gasteiger charge is -2.11. The fourth-order valence-corrected chi connectivity index (χ4v) is 2.62. The lowest BCUT2D eigenvalue weighted by molar-refractivity contribution is 0.721. The van der Waals surface area contributed by atoms with Crippen molar-refractivity contribution in [3.63, 3.8) is 0 Å². The van der Waals surface area contributed by atoms with Crippen molar-refractivity contribution in [2.75, 3.05) is 0 Å². The third-order valence-electron chi connectivity index (χ3n) is 3.72. The monoisotopic (exact) mass is 277 g/mol. The molecular weight excluding hydrogens is 258 g/mol. The second-order valence-corrected chi connectivity index (χ2v) is 5.29. The Kier molecular flexibility index (Phi) is 3.82. The summed E-state index contributed by atoms with van der Waals surface area (Å²) in [5.41, 5.74) is 3.54. The molecule has 1 N–H and O–H groups in total. The highest BCUT2D eigenvalue weighted by atomic mass is 15.2. The van der Waals surface area contributed by atoms with E-state index in [1.54, 1.807) is 0 Å². The van der Waals surface area contributed by atoms with Crippen molar-refractivity contribution in [2.24, 2.45) is 0 Å². The maximum atomic E-state index is 4.70. The second-order valence-electron chi connectivity index (χ2n) is 5.29. The summed E-state index contributed by atoms with van der Waals surface area (Å²) < 4.78 is 0. The molecule has 0 bridgehead atoms. The number of aromatic nitrogens is 3. The first-order valence-electron chi connectivity index (χ1n) is 7.32. The van der Waals surface area contributed by atoms with Gasteiger partial charge >= 0.3 is 0 Å². The largest absolute Gasteiger partial charge is 0.262 e. The molecule has 1 atom stereocenters. The summed E-state index contributed by atoms with van der Waals surface area (Å²) >= 11 is 0. The van der Waals surface area contributed by atoms with E-state index in [1.165, 1.54) is 11.1 Å². The molecule has 3 rings (SSSR count). The minimum atomic E-state index is 0.261. The van der Waals surface area contributed by atoms with Crippen LogP contribution in [-0.4, -0.2) is 15.2 Å². The fraction of sp³-hybridized carbons (Fsp3) is 0.222. The normalized spacial score (nSPS) is 12.3. The number of aromatic amines is 1. The molecule has 1 heterocycles. The average Bonchev–Trinajstić information content (AvgIpc) is 2.99. The van der Waals surface area contributed by atoms with Crippen LogP contribution in [0.25, 0.3) is 11.4 Å². The number of H-pyrrole nitrogens is 1. The highest BCUT2D eigenvalue weighted by molar-refractivity contribution is 5.55. The van der Waals surface area contributed by atoms with Gasteiger partial charge in [-0.3, -0.25) is 5.10 Å². The van der Waals surface area contributed by atoms with Crippen LogP contribution >= 0.6 is 0 Å². The Morgan fingerprint density at radius 2 is 1.86 bits per heavy atom. The minimum Gasteiger partial charge on any atom is -0.262 e. The van der Waals surface area contributed by atoms with Gasteiger partial charge in [0.15, 0.2) is 5.82 Å². The molecular formula is C18H19N3. The van der Waals surface area contributed by atoms with Gasteiger partial charge in [-0.2, -0.15) is 5.10 Å². The lowest BCUT2D eigenvalue weighted by atomic mass is 9.96. The Hall–Kier alpha value is -2.42. The minimum absolute atomic E-state index is 0.261. The van der Waals surface area contributed by atoms with Crippen molar-refractivity contribution in [1.29, 1.82) is 0 Å². The molecule has 1 aromatic heterocycles. The van der Waals surface area contributed by atoms with Crippen LogP contribution in [0.4, 0.5) is 0 Å². The van der Waals surface area contributed by atoms with Crippen LogP contribution in [-0.2, 0) is 0 Å². The van der Waals surface area contributed by atoms with Crippen molar-refractivity contribution in [2.45, 2.75) is 26.2 Å². The van der Waals surface area contributed by atoms with Crippen LogP contribution in [0, 0.1) is 6.92 Å². The molecule has 21 heavy (non-hydrogen) atoms. The maximum absolute atomic E-state index is 4.70. The Morgan fingerprint density at radius 3 is 2.57 bits per heavy atom. The van der Waals surface area contributed by atoms with Gasteiger partial charge in [-0.15, -0.1) is 0 Å². The fourth-order valence-electron chi connectivity index (χ4n) is 2.62. The summed E-state index contributed by atoms with van der Waals surface area (Å²) in [6.45, 7) is 4.25. The Labute approximate surface area is 125 Å². The summed E-state index contributed by atoms with van der Waals surface area (Å²) in [6, 6.07) is 18.7. The second kappa shape index (κ2) is 5.92. The van der Waals surface area contributed by atoms with E-state index < -0.39 is 0 Å². The molecule has 2 aromatic carbocycles. The van der Waals surface area contributed by atoms with Crippen LogP contribution in [0.3, 0.4) is 0 Å². The van der Waals surface area contributed by atoms with Crippen LogP contribution < -0.4 is 0 Å². The number of benzene rings is 2. The Morgan fingerprint density at radius 1 is 1.05 bits per heavy atom. The highest BCUT2D eigenvalue weighted by Crippen LogP contribution is 2.26. The molecule has 3 nitrogen and oxygen atoms in total. The first kappa shape index (κ1) is 13.6.